The molecule has 0 aromatic carbocycles. The van der Waals surface area contributed by atoms with Crippen LogP contribution in [0.15, 0.2) is 36.5 Å². The molecule has 0 saturated heterocycles. The summed E-state index contributed by atoms with van der Waals surface area (Å²) in [5, 5.41) is 12.5. The Hall–Kier alpha value is -2.93. The lowest BCUT2D eigenvalue weighted by Gasteiger charge is -2.22. The first-order chi connectivity index (χ1) is 13.3. The largest absolute Gasteiger partial charge is 0.397 e. The Morgan fingerprint density at radius 1 is 1.32 bits per heavy atom. The number of aromatic nitrogens is 2. The maximum Gasteiger partial charge on any atom is 0.162 e. The van der Waals surface area contributed by atoms with Gasteiger partial charge in [0.05, 0.1) is 38.7 Å². The molecule has 146 valence electrons. The highest BCUT2D eigenvalue weighted by Gasteiger charge is 2.16. The van der Waals surface area contributed by atoms with Crippen molar-refractivity contribution in [3.05, 3.63) is 52.7 Å². The zero-order valence-corrected chi connectivity index (χ0v) is 17.5. The molecule has 0 unspecified atom stereocenters. The molecule has 0 radical (unpaired) electrons. The quantitative estimate of drug-likeness (QED) is 0.481. The van der Waals surface area contributed by atoms with E-state index in [-0.39, 0.29) is 5.54 Å². The van der Waals surface area contributed by atoms with E-state index in [1.165, 1.54) is 6.21 Å². The number of fused-ring (bicyclic) bond motifs is 1. The number of rotatable bonds is 6. The molecular weight excluding hydrogens is 368 g/mol. The zero-order valence-electron chi connectivity index (χ0n) is 16.7. The van der Waals surface area contributed by atoms with Crippen LogP contribution in [-0.4, -0.2) is 21.7 Å². The molecule has 3 rings (SSSR count). The van der Waals surface area contributed by atoms with Gasteiger partial charge in [0, 0.05) is 23.9 Å². The van der Waals surface area contributed by atoms with Crippen molar-refractivity contribution in [3.63, 3.8) is 0 Å². The van der Waals surface area contributed by atoms with Crippen molar-refractivity contribution >= 4 is 45.0 Å². The van der Waals surface area contributed by atoms with Crippen LogP contribution in [-0.2, 0) is 6.54 Å². The number of hydrogen-bond donors (Lipinski definition) is 4. The van der Waals surface area contributed by atoms with Gasteiger partial charge in [-0.1, -0.05) is 6.07 Å². The van der Waals surface area contributed by atoms with E-state index in [1.54, 1.807) is 17.4 Å². The van der Waals surface area contributed by atoms with Gasteiger partial charge in [0.2, 0.25) is 0 Å². The highest BCUT2D eigenvalue weighted by Crippen LogP contribution is 2.35. The average Bonchev–Trinajstić information content (AvgIpc) is 3.04. The van der Waals surface area contributed by atoms with Gasteiger partial charge in [0.1, 0.15) is 5.82 Å². The van der Waals surface area contributed by atoms with Crippen LogP contribution in [0.4, 0.5) is 11.5 Å². The van der Waals surface area contributed by atoms with Crippen molar-refractivity contribution < 1.29 is 5.41 Å². The Bertz CT molecular complexity index is 1030. The summed E-state index contributed by atoms with van der Waals surface area (Å²) in [7, 11) is 0. The number of hydrogen-bond acceptors (Lipinski definition) is 6. The van der Waals surface area contributed by atoms with E-state index in [0.717, 1.165) is 37.9 Å². The summed E-state index contributed by atoms with van der Waals surface area (Å²) in [6.07, 6.45) is 4.96. The van der Waals surface area contributed by atoms with E-state index < -0.39 is 0 Å². The van der Waals surface area contributed by atoms with Crippen molar-refractivity contribution in [2.75, 3.05) is 10.6 Å². The van der Waals surface area contributed by atoms with Crippen molar-refractivity contribution in [1.29, 1.82) is 0 Å². The van der Waals surface area contributed by atoms with Gasteiger partial charge in [0.25, 0.3) is 0 Å². The molecule has 7 heteroatoms. The van der Waals surface area contributed by atoms with E-state index >= 15 is 0 Å². The lowest BCUT2D eigenvalue weighted by atomic mass is 10.1. The molecule has 0 saturated carbocycles. The molecule has 0 bridgehead atoms. The van der Waals surface area contributed by atoms with Crippen molar-refractivity contribution in [1.82, 2.24) is 9.97 Å². The highest BCUT2D eigenvalue weighted by molar-refractivity contribution is 7.20. The molecule has 0 aliphatic heterocycles. The minimum atomic E-state index is -0.0954. The summed E-state index contributed by atoms with van der Waals surface area (Å²) < 4.78 is 1.05. The standard InChI is InChI=1S/C21H26N6S/c1-13-6-5-9-24-17(13)12-25-15-11-19(27-21(2,3)4)26-16-10-18(28-20(15)16)14(23)7-8-22/h5-11,22H,12,23H2,1-4H3,(H2,25,26,27)/p+1/b14-7-,22-8?. The Labute approximate surface area is 169 Å². The van der Waals surface area contributed by atoms with Crippen LogP contribution in [0.5, 0.6) is 0 Å². The fraction of sp³-hybridized carbons (Fsp3) is 0.286. The molecule has 0 fully saturated rings. The summed E-state index contributed by atoms with van der Waals surface area (Å²) in [6.45, 7) is 9.03. The van der Waals surface area contributed by atoms with Crippen molar-refractivity contribution in [2.24, 2.45) is 5.73 Å². The third-order valence-corrected chi connectivity index (χ3v) is 5.31. The smallest absolute Gasteiger partial charge is 0.162 e. The molecule has 3 aromatic heterocycles. The summed E-state index contributed by atoms with van der Waals surface area (Å²) in [5.41, 5.74) is 10.7. The van der Waals surface area contributed by atoms with Crippen LogP contribution in [0, 0.1) is 6.92 Å². The van der Waals surface area contributed by atoms with E-state index in [0.29, 0.717) is 12.2 Å². The molecular formula is C21H27N6S+. The Morgan fingerprint density at radius 3 is 2.79 bits per heavy atom. The van der Waals surface area contributed by atoms with Gasteiger partial charge in [-0.25, -0.2) is 4.98 Å². The van der Waals surface area contributed by atoms with Crippen LogP contribution in [0.2, 0.25) is 0 Å². The van der Waals surface area contributed by atoms with Crippen LogP contribution in [0.1, 0.15) is 36.9 Å². The third kappa shape index (κ3) is 4.67. The molecule has 6 nitrogen and oxygen atoms in total. The number of anilines is 2. The fourth-order valence-corrected chi connectivity index (χ4v) is 3.84. The van der Waals surface area contributed by atoms with Crippen molar-refractivity contribution in [3.8, 4) is 0 Å². The van der Waals surface area contributed by atoms with Gasteiger partial charge in [-0.3, -0.25) is 10.4 Å². The molecule has 3 aromatic rings. The number of nitrogens with zero attached hydrogens (tertiary/aromatic N) is 2. The number of thiophene rings is 1. The molecule has 3 heterocycles. The fourth-order valence-electron chi connectivity index (χ4n) is 2.81. The second-order valence-electron chi connectivity index (χ2n) is 7.69. The number of nitrogens with two attached hydrogens (primary N) is 2. The minimum absolute atomic E-state index is 0.0954. The second-order valence-corrected chi connectivity index (χ2v) is 8.74. The van der Waals surface area contributed by atoms with Crippen LogP contribution < -0.4 is 21.8 Å². The lowest BCUT2D eigenvalue weighted by molar-refractivity contribution is -0.104. The molecule has 0 spiro atoms. The SMILES string of the molecule is Cc1cccnc1CNc1cc(NC(C)(C)C)nc2cc(/C(N)=C/C=[NH2+])sc12. The van der Waals surface area contributed by atoms with Gasteiger partial charge in [-0.2, -0.15) is 0 Å². The minimum Gasteiger partial charge on any atom is -0.397 e. The first kappa shape index (κ1) is 19.8. The number of pyridine rings is 2. The van der Waals surface area contributed by atoms with Gasteiger partial charge in [-0.05, 0) is 45.4 Å². The van der Waals surface area contributed by atoms with Gasteiger partial charge < -0.3 is 16.4 Å². The molecule has 0 aliphatic carbocycles. The van der Waals surface area contributed by atoms with E-state index in [9.17, 15) is 0 Å². The molecule has 28 heavy (non-hydrogen) atoms. The van der Waals surface area contributed by atoms with Gasteiger partial charge >= 0.3 is 0 Å². The summed E-state index contributed by atoms with van der Waals surface area (Å²) in [5.74, 6) is 0.817. The Kier molecular flexibility index (Phi) is 5.65. The van der Waals surface area contributed by atoms with Crippen LogP contribution in [0.25, 0.3) is 15.9 Å². The first-order valence-electron chi connectivity index (χ1n) is 9.15. The maximum atomic E-state index is 6.13. The predicted molar refractivity (Wildman–Crippen MR) is 119 cm³/mol. The molecule has 0 aliphatic rings. The zero-order chi connectivity index (χ0) is 20.3. The third-order valence-electron chi connectivity index (χ3n) is 4.11. The normalized spacial score (nSPS) is 12.2. The summed E-state index contributed by atoms with van der Waals surface area (Å²) >= 11 is 1.60. The molecule has 0 atom stereocenters. The number of allylic oxidation sites excluding steroid dienone is 1. The van der Waals surface area contributed by atoms with Crippen LogP contribution in [0.3, 0.4) is 0 Å². The summed E-state index contributed by atoms with van der Waals surface area (Å²) in [6, 6.07) is 8.06. The number of nitrogens with one attached hydrogen (secondary N) is 2. The van der Waals surface area contributed by atoms with Crippen molar-refractivity contribution in [2.45, 2.75) is 39.8 Å². The topological polar surface area (TPSA) is 101 Å². The lowest BCUT2D eigenvalue weighted by Crippen LogP contribution is -2.28. The predicted octanol–water partition coefficient (Wildman–Crippen LogP) is 2.95. The monoisotopic (exact) mass is 395 g/mol. The van der Waals surface area contributed by atoms with Gasteiger partial charge in [0.15, 0.2) is 6.21 Å². The first-order valence-corrected chi connectivity index (χ1v) is 9.96. The maximum absolute atomic E-state index is 6.13. The molecule has 0 amide bonds. The highest BCUT2D eigenvalue weighted by atomic mass is 32.1. The van der Waals surface area contributed by atoms with E-state index in [1.807, 2.05) is 24.4 Å². The average molecular weight is 396 g/mol. The van der Waals surface area contributed by atoms with E-state index in [4.69, 9.17) is 16.1 Å². The summed E-state index contributed by atoms with van der Waals surface area (Å²) in [4.78, 5) is 10.2. The van der Waals surface area contributed by atoms with E-state index in [2.05, 4.69) is 49.4 Å². The second kappa shape index (κ2) is 7.98. The van der Waals surface area contributed by atoms with Crippen LogP contribution >= 0.6 is 11.3 Å². The number of aryl methyl sites for hydroxylation is 1. The molecule has 6 N–H and O–H groups in total. The Balaban J connectivity index is 2.02. The Morgan fingerprint density at radius 2 is 2.11 bits per heavy atom. The van der Waals surface area contributed by atoms with Gasteiger partial charge in [-0.15, -0.1) is 11.3 Å².